The lowest BCUT2D eigenvalue weighted by Gasteiger charge is -2.30. The summed E-state index contributed by atoms with van der Waals surface area (Å²) in [5.74, 6) is -0.548. The van der Waals surface area contributed by atoms with Gasteiger partial charge in [-0.25, -0.2) is 8.42 Å². The zero-order chi connectivity index (χ0) is 15.1. The lowest BCUT2D eigenvalue weighted by Crippen LogP contribution is -2.46. The molecule has 1 aromatic carbocycles. The Hall–Kier alpha value is -1.34. The lowest BCUT2D eigenvalue weighted by molar-refractivity contribution is -0.136. The first-order chi connectivity index (χ1) is 9.14. The second-order valence-electron chi connectivity index (χ2n) is 5.96. The maximum Gasteiger partial charge on any atom is 0.498 e. The molecular formula is C13H17BNO4S. The molecular weight excluding hydrogens is 277 g/mol. The van der Waals surface area contributed by atoms with Gasteiger partial charge in [-0.05, 0) is 24.5 Å². The highest BCUT2D eigenvalue weighted by atomic mass is 32.2. The summed E-state index contributed by atoms with van der Waals surface area (Å²) in [5, 5.41) is 0. The summed E-state index contributed by atoms with van der Waals surface area (Å²) in [7, 11) is -2.80. The van der Waals surface area contributed by atoms with E-state index in [0.717, 1.165) is 17.4 Å². The van der Waals surface area contributed by atoms with Gasteiger partial charge in [0.25, 0.3) is 0 Å². The van der Waals surface area contributed by atoms with Crippen LogP contribution in [0.25, 0.3) is 0 Å². The van der Waals surface area contributed by atoms with Crippen LogP contribution in [0, 0.1) is 12.3 Å². The lowest BCUT2D eigenvalue weighted by atomic mass is 9.86. The molecule has 107 valence electrons. The van der Waals surface area contributed by atoms with Crippen molar-refractivity contribution in [1.82, 2.24) is 4.22 Å². The number of aryl methyl sites for hydroxylation is 1. The molecule has 1 atom stereocenters. The summed E-state index contributed by atoms with van der Waals surface area (Å²) in [5.41, 5.74) is 0.413. The molecule has 1 fully saturated rings. The van der Waals surface area contributed by atoms with Gasteiger partial charge in [0.2, 0.25) is 10.0 Å². The Bertz CT molecular complexity index is 619. The van der Waals surface area contributed by atoms with Gasteiger partial charge < -0.3 is 4.65 Å². The largest absolute Gasteiger partial charge is 0.520 e. The van der Waals surface area contributed by atoms with Gasteiger partial charge in [-0.1, -0.05) is 38.5 Å². The van der Waals surface area contributed by atoms with Gasteiger partial charge in [-0.3, -0.25) is 4.79 Å². The van der Waals surface area contributed by atoms with Gasteiger partial charge in [0.05, 0.1) is 4.90 Å². The zero-order valence-corrected chi connectivity index (χ0v) is 12.8. The molecule has 0 bridgehead atoms. The van der Waals surface area contributed by atoms with Crippen molar-refractivity contribution in [2.24, 2.45) is 5.41 Å². The molecule has 1 aromatic rings. The van der Waals surface area contributed by atoms with Gasteiger partial charge in [-0.15, -0.1) is 0 Å². The van der Waals surface area contributed by atoms with Crippen molar-refractivity contribution in [1.29, 1.82) is 0 Å². The summed E-state index contributed by atoms with van der Waals surface area (Å²) in [6, 6.07) is 5.64. The third-order valence-electron chi connectivity index (χ3n) is 3.17. The number of benzene rings is 1. The van der Waals surface area contributed by atoms with Crippen molar-refractivity contribution < 1.29 is 17.9 Å². The van der Waals surface area contributed by atoms with Crippen LogP contribution in [0.1, 0.15) is 26.3 Å². The first-order valence-corrected chi connectivity index (χ1v) is 7.72. The average Bonchev–Trinajstić information content (AvgIpc) is 2.72. The van der Waals surface area contributed by atoms with Crippen LogP contribution in [0.4, 0.5) is 0 Å². The fraction of sp³-hybridized carbons (Fsp3) is 0.462. The molecule has 5 nitrogen and oxygen atoms in total. The van der Waals surface area contributed by atoms with E-state index >= 15 is 0 Å². The first-order valence-electron chi connectivity index (χ1n) is 6.28. The second kappa shape index (κ2) is 4.89. The minimum absolute atomic E-state index is 0.145. The van der Waals surface area contributed by atoms with Crippen molar-refractivity contribution in [3.63, 3.8) is 0 Å². The third kappa shape index (κ3) is 2.60. The number of carbonyl (C=O) groups excluding carboxylic acids is 1. The van der Waals surface area contributed by atoms with E-state index in [1.54, 1.807) is 32.9 Å². The van der Waals surface area contributed by atoms with Crippen molar-refractivity contribution in [3.05, 3.63) is 29.8 Å². The number of hydrogen-bond acceptors (Lipinski definition) is 4. The maximum absolute atomic E-state index is 12.6. The summed E-state index contributed by atoms with van der Waals surface area (Å²) in [4.78, 5) is 11.9. The van der Waals surface area contributed by atoms with E-state index in [4.69, 9.17) is 4.65 Å². The molecule has 20 heavy (non-hydrogen) atoms. The molecule has 2 rings (SSSR count). The Balaban J connectivity index is 2.43. The molecule has 1 radical (unpaired) electrons. The summed E-state index contributed by atoms with van der Waals surface area (Å²) >= 11 is 0. The molecule has 1 aliphatic heterocycles. The minimum atomic E-state index is -3.79. The predicted octanol–water partition coefficient (Wildman–Crippen LogP) is 1.49. The highest BCUT2D eigenvalue weighted by Gasteiger charge is 2.50. The molecule has 1 heterocycles. The van der Waals surface area contributed by atoms with Crippen LogP contribution in [0.15, 0.2) is 29.2 Å². The second-order valence-corrected chi connectivity index (χ2v) is 7.80. The van der Waals surface area contributed by atoms with Gasteiger partial charge in [0.1, 0.15) is 6.04 Å². The van der Waals surface area contributed by atoms with E-state index < -0.39 is 27.4 Å². The Morgan fingerprint density at radius 3 is 2.25 bits per heavy atom. The van der Waals surface area contributed by atoms with Crippen LogP contribution in [0.5, 0.6) is 0 Å². The molecule has 1 aliphatic rings. The summed E-state index contributed by atoms with van der Waals surface area (Å²) in [6.45, 7) is 7.28. The Labute approximate surface area is 120 Å². The number of rotatable bonds is 2. The van der Waals surface area contributed by atoms with Crippen molar-refractivity contribution in [2.75, 3.05) is 0 Å². The summed E-state index contributed by atoms with van der Waals surface area (Å²) < 4.78 is 31.1. The van der Waals surface area contributed by atoms with Gasteiger partial charge in [0, 0.05) is 0 Å². The smallest absolute Gasteiger partial charge is 0.498 e. The SMILES string of the molecule is Cc1ccc(S(=O)(=O)N2[B]OC(=O)C2C(C)(C)C)cc1. The van der Waals surface area contributed by atoms with Crippen LogP contribution in [0.2, 0.25) is 0 Å². The van der Waals surface area contributed by atoms with Crippen LogP contribution < -0.4 is 0 Å². The zero-order valence-electron chi connectivity index (χ0n) is 12.0. The molecule has 0 N–H and O–H groups in total. The van der Waals surface area contributed by atoms with E-state index in [1.165, 1.54) is 12.1 Å². The van der Waals surface area contributed by atoms with Gasteiger partial charge in [0.15, 0.2) is 0 Å². The first kappa shape index (κ1) is 15.1. The van der Waals surface area contributed by atoms with Crippen LogP contribution >= 0.6 is 0 Å². The molecule has 0 aromatic heterocycles. The Morgan fingerprint density at radius 1 is 1.20 bits per heavy atom. The van der Waals surface area contributed by atoms with Gasteiger partial charge in [-0.2, -0.15) is 4.22 Å². The monoisotopic (exact) mass is 294 g/mol. The Morgan fingerprint density at radius 2 is 1.75 bits per heavy atom. The van der Waals surface area contributed by atoms with Crippen LogP contribution in [-0.2, 0) is 19.5 Å². The van der Waals surface area contributed by atoms with Crippen LogP contribution in [-0.4, -0.2) is 32.3 Å². The van der Waals surface area contributed by atoms with E-state index in [1.807, 2.05) is 6.92 Å². The number of nitrogens with zero attached hydrogens (tertiary/aromatic N) is 1. The molecule has 1 unspecified atom stereocenters. The molecule has 0 saturated carbocycles. The van der Waals surface area contributed by atoms with E-state index in [0.29, 0.717) is 0 Å². The summed E-state index contributed by atoms with van der Waals surface area (Å²) in [6.07, 6.45) is 0. The molecule has 0 spiro atoms. The topological polar surface area (TPSA) is 63.7 Å². The van der Waals surface area contributed by atoms with Crippen molar-refractivity contribution in [2.45, 2.75) is 38.6 Å². The minimum Gasteiger partial charge on any atom is -0.520 e. The molecule has 7 heteroatoms. The predicted molar refractivity (Wildman–Crippen MR) is 75.3 cm³/mol. The van der Waals surface area contributed by atoms with E-state index in [-0.39, 0.29) is 4.90 Å². The number of hydrogen-bond donors (Lipinski definition) is 0. The van der Waals surface area contributed by atoms with Gasteiger partial charge >= 0.3 is 13.6 Å². The molecule has 0 amide bonds. The fourth-order valence-electron chi connectivity index (χ4n) is 2.10. The fourth-order valence-corrected chi connectivity index (χ4v) is 3.66. The van der Waals surface area contributed by atoms with Crippen LogP contribution in [0.3, 0.4) is 0 Å². The third-order valence-corrected chi connectivity index (χ3v) is 4.89. The average molecular weight is 294 g/mol. The Kier molecular flexibility index (Phi) is 3.68. The standard InChI is InChI=1S/C13H17BNO4S/c1-9-5-7-10(8-6-9)20(17,18)15-11(13(2,3)4)12(16)19-14-15/h5-8,11H,1-4H3. The quantitative estimate of drug-likeness (QED) is 0.775. The highest BCUT2D eigenvalue weighted by Crippen LogP contribution is 2.32. The number of carbonyl (C=O) groups is 1. The number of sulfonamides is 1. The normalized spacial score (nSPS) is 20.6. The van der Waals surface area contributed by atoms with E-state index in [9.17, 15) is 13.2 Å². The van der Waals surface area contributed by atoms with Crippen molar-refractivity contribution in [3.8, 4) is 0 Å². The van der Waals surface area contributed by atoms with E-state index in [2.05, 4.69) is 0 Å². The van der Waals surface area contributed by atoms with Crippen molar-refractivity contribution >= 4 is 23.6 Å². The highest BCUT2D eigenvalue weighted by molar-refractivity contribution is 7.90. The molecule has 0 aliphatic carbocycles. The maximum atomic E-state index is 12.6. The molecule has 1 saturated heterocycles.